The summed E-state index contributed by atoms with van der Waals surface area (Å²) < 4.78 is 35.6. The second-order valence-electron chi connectivity index (χ2n) is 11.9. The summed E-state index contributed by atoms with van der Waals surface area (Å²) in [6, 6.07) is 12.8. The number of aromatic nitrogens is 2. The number of hydrogen-bond donors (Lipinski definition) is 1. The zero-order valence-electron chi connectivity index (χ0n) is 23.4. The summed E-state index contributed by atoms with van der Waals surface area (Å²) in [6.07, 6.45) is 1.13. The molecule has 5 rings (SSSR count). The number of Topliss-reactive ketones (excluding diaryl/α,β-unsaturated/α-hetero) is 1. The predicted octanol–water partition coefficient (Wildman–Crippen LogP) is 4.93. The number of amides is 1. The lowest BCUT2D eigenvalue weighted by Crippen LogP contribution is -2.55. The maximum Gasteiger partial charge on any atom is 0.264 e. The van der Waals surface area contributed by atoms with E-state index in [9.17, 15) is 18.0 Å². The fourth-order valence-corrected chi connectivity index (χ4v) is 6.42. The smallest absolute Gasteiger partial charge is 0.264 e. The Kier molecular flexibility index (Phi) is 7.16. The van der Waals surface area contributed by atoms with E-state index in [1.54, 1.807) is 23.1 Å². The quantitative estimate of drug-likeness (QED) is 0.481. The van der Waals surface area contributed by atoms with Crippen LogP contribution in [0.25, 0.3) is 11.3 Å². The number of sulfonamides is 1. The van der Waals surface area contributed by atoms with E-state index in [0.29, 0.717) is 12.1 Å². The van der Waals surface area contributed by atoms with Crippen molar-refractivity contribution in [2.75, 3.05) is 11.3 Å². The lowest BCUT2D eigenvalue weighted by molar-refractivity contribution is -0.128. The molecule has 3 aromatic rings. The molecule has 0 saturated heterocycles. The molecule has 1 aromatic heterocycles. The molecule has 1 aliphatic carbocycles. The van der Waals surface area contributed by atoms with Gasteiger partial charge in [0, 0.05) is 36.1 Å². The molecule has 10 heteroatoms. The Morgan fingerprint density at radius 1 is 1.00 bits per heavy atom. The summed E-state index contributed by atoms with van der Waals surface area (Å²) in [7, 11) is -4.14. The standard InChI is InChI=1S/C30H34N4O5S/c1-18-8-6-9-19(2)27(18)25-15-26-32-29(31-25)33-40(37,38)24-11-7-10-20(12-24)28(36)34(21-13-23(35)14-21)22(17-39-26)16-30(3,4)5/h6-12,15,21-22H,13-14,16-17H2,1-5H3,(H,31,32,33)/t22-/m1/s1. The van der Waals surface area contributed by atoms with Crippen molar-refractivity contribution in [1.82, 2.24) is 14.9 Å². The van der Waals surface area contributed by atoms with E-state index < -0.39 is 10.0 Å². The van der Waals surface area contributed by atoms with Crippen LogP contribution < -0.4 is 9.46 Å². The summed E-state index contributed by atoms with van der Waals surface area (Å²) in [5, 5.41) is 0. The van der Waals surface area contributed by atoms with E-state index in [1.165, 1.54) is 12.1 Å². The van der Waals surface area contributed by atoms with Gasteiger partial charge in [-0.3, -0.25) is 9.59 Å². The minimum absolute atomic E-state index is 0.0850. The van der Waals surface area contributed by atoms with Gasteiger partial charge < -0.3 is 9.64 Å². The zero-order chi connectivity index (χ0) is 28.8. The van der Waals surface area contributed by atoms with Crippen molar-refractivity contribution in [2.24, 2.45) is 5.41 Å². The van der Waals surface area contributed by atoms with Gasteiger partial charge in [-0.2, -0.15) is 4.98 Å². The molecule has 0 spiro atoms. The number of fused-ring (bicyclic) bond motifs is 4. The molecule has 1 fully saturated rings. The number of rotatable bonds is 3. The third kappa shape index (κ3) is 5.72. The minimum atomic E-state index is -4.14. The molecular weight excluding hydrogens is 528 g/mol. The van der Waals surface area contributed by atoms with Gasteiger partial charge in [0.1, 0.15) is 12.4 Å². The number of ketones is 1. The Labute approximate surface area is 235 Å². The minimum Gasteiger partial charge on any atom is -0.475 e. The highest BCUT2D eigenvalue weighted by atomic mass is 32.2. The highest BCUT2D eigenvalue weighted by Crippen LogP contribution is 2.34. The maximum absolute atomic E-state index is 14.0. The molecule has 9 nitrogen and oxygen atoms in total. The first-order valence-electron chi connectivity index (χ1n) is 13.4. The normalized spacial score (nSPS) is 19.4. The molecule has 1 aliphatic heterocycles. The second kappa shape index (κ2) is 10.3. The van der Waals surface area contributed by atoms with Crippen LogP contribution in [-0.4, -0.2) is 53.7 Å². The average molecular weight is 563 g/mol. The lowest BCUT2D eigenvalue weighted by atomic mass is 9.83. The summed E-state index contributed by atoms with van der Waals surface area (Å²) >= 11 is 0. The van der Waals surface area contributed by atoms with Crippen LogP contribution in [-0.2, 0) is 14.8 Å². The molecule has 2 heterocycles. The fraction of sp³-hybridized carbons (Fsp3) is 0.400. The van der Waals surface area contributed by atoms with E-state index in [4.69, 9.17) is 4.74 Å². The summed E-state index contributed by atoms with van der Waals surface area (Å²) in [6.45, 7) is 10.3. The van der Waals surface area contributed by atoms with Gasteiger partial charge in [-0.25, -0.2) is 18.1 Å². The molecule has 1 saturated carbocycles. The molecule has 2 aromatic carbocycles. The van der Waals surface area contributed by atoms with Crippen molar-refractivity contribution in [3.63, 3.8) is 0 Å². The second-order valence-corrected chi connectivity index (χ2v) is 13.5. The summed E-state index contributed by atoms with van der Waals surface area (Å²) in [4.78, 5) is 36.6. The van der Waals surface area contributed by atoms with Crippen LogP contribution in [0.15, 0.2) is 53.4 Å². The van der Waals surface area contributed by atoms with Crippen LogP contribution in [0.2, 0.25) is 0 Å². The molecule has 1 amide bonds. The average Bonchev–Trinajstić information content (AvgIpc) is 2.84. The summed E-state index contributed by atoms with van der Waals surface area (Å²) in [5.74, 6) is -0.178. The number of ether oxygens (including phenoxy) is 1. The van der Waals surface area contributed by atoms with Crippen LogP contribution in [0.5, 0.6) is 5.88 Å². The van der Waals surface area contributed by atoms with Gasteiger partial charge in [0.25, 0.3) is 15.9 Å². The van der Waals surface area contributed by atoms with Crippen LogP contribution in [0, 0.1) is 19.3 Å². The molecule has 40 heavy (non-hydrogen) atoms. The van der Waals surface area contributed by atoms with E-state index in [0.717, 1.165) is 16.7 Å². The zero-order valence-corrected chi connectivity index (χ0v) is 24.2. The van der Waals surface area contributed by atoms with Gasteiger partial charge in [-0.15, -0.1) is 0 Å². The van der Waals surface area contributed by atoms with Gasteiger partial charge in [-0.1, -0.05) is 45.0 Å². The number of carbonyl (C=O) groups is 2. The highest BCUT2D eigenvalue weighted by Gasteiger charge is 2.41. The lowest BCUT2D eigenvalue weighted by Gasteiger charge is -2.43. The van der Waals surface area contributed by atoms with Crippen molar-refractivity contribution in [2.45, 2.75) is 70.9 Å². The monoisotopic (exact) mass is 562 g/mol. The Bertz CT molecular complexity index is 1570. The van der Waals surface area contributed by atoms with Crippen LogP contribution in [0.3, 0.4) is 0 Å². The third-order valence-electron chi connectivity index (χ3n) is 7.28. The van der Waals surface area contributed by atoms with Crippen LogP contribution >= 0.6 is 0 Å². The Balaban J connectivity index is 1.68. The Morgan fingerprint density at radius 3 is 2.33 bits per heavy atom. The highest BCUT2D eigenvalue weighted by molar-refractivity contribution is 7.92. The van der Waals surface area contributed by atoms with Crippen molar-refractivity contribution in [3.05, 3.63) is 65.2 Å². The largest absolute Gasteiger partial charge is 0.475 e. The van der Waals surface area contributed by atoms with Crippen molar-refractivity contribution in [1.29, 1.82) is 0 Å². The molecule has 210 valence electrons. The maximum atomic E-state index is 14.0. The number of nitrogens with zero attached hydrogens (tertiary/aromatic N) is 3. The predicted molar refractivity (Wildman–Crippen MR) is 152 cm³/mol. The number of carbonyl (C=O) groups excluding carboxylic acids is 2. The van der Waals surface area contributed by atoms with Gasteiger partial charge in [0.2, 0.25) is 11.8 Å². The van der Waals surface area contributed by atoms with Crippen LogP contribution in [0.4, 0.5) is 5.95 Å². The van der Waals surface area contributed by atoms with Gasteiger partial charge in [0.15, 0.2) is 0 Å². The molecule has 4 bridgehead atoms. The SMILES string of the molecule is Cc1cccc(C)c1-c1cc2nc(n1)NS(=O)(=O)c1cccc(c1)C(=O)N(C1CC(=O)C1)[C@H](CC(C)(C)C)CO2. The molecular formula is C30H34N4O5S. The van der Waals surface area contributed by atoms with E-state index >= 15 is 0 Å². The van der Waals surface area contributed by atoms with E-state index in [2.05, 4.69) is 35.5 Å². The van der Waals surface area contributed by atoms with Crippen molar-refractivity contribution in [3.8, 4) is 17.1 Å². The summed E-state index contributed by atoms with van der Waals surface area (Å²) in [5.41, 5.74) is 3.39. The van der Waals surface area contributed by atoms with E-state index in [-0.39, 0.29) is 70.9 Å². The molecule has 2 aliphatic rings. The topological polar surface area (TPSA) is 119 Å². The number of nitrogens with one attached hydrogen (secondary N) is 1. The first-order chi connectivity index (χ1) is 18.8. The Hall–Kier alpha value is -3.79. The van der Waals surface area contributed by atoms with Gasteiger partial charge in [-0.05, 0) is 55.0 Å². The van der Waals surface area contributed by atoms with Crippen molar-refractivity contribution < 1.29 is 22.7 Å². The molecule has 1 atom stereocenters. The van der Waals surface area contributed by atoms with Crippen molar-refractivity contribution >= 4 is 27.7 Å². The van der Waals surface area contributed by atoms with Gasteiger partial charge >= 0.3 is 0 Å². The number of hydrogen-bond acceptors (Lipinski definition) is 7. The first kappa shape index (κ1) is 27.8. The fourth-order valence-electron chi connectivity index (χ4n) is 5.43. The first-order valence-corrected chi connectivity index (χ1v) is 14.8. The number of anilines is 1. The molecule has 1 N–H and O–H groups in total. The third-order valence-corrected chi connectivity index (χ3v) is 8.60. The molecule has 0 radical (unpaired) electrons. The number of benzene rings is 2. The van der Waals surface area contributed by atoms with E-state index in [1.807, 2.05) is 32.0 Å². The molecule has 0 unspecified atom stereocenters. The number of aryl methyl sites for hydroxylation is 2. The van der Waals surface area contributed by atoms with Gasteiger partial charge in [0.05, 0.1) is 16.6 Å². The van der Waals surface area contributed by atoms with Crippen LogP contribution in [0.1, 0.15) is 61.5 Å². The Morgan fingerprint density at radius 2 is 1.68 bits per heavy atom.